The summed E-state index contributed by atoms with van der Waals surface area (Å²) in [5.41, 5.74) is 0.734. The van der Waals surface area contributed by atoms with Gasteiger partial charge in [0.2, 0.25) is 0 Å². The Hall–Kier alpha value is -1.82. The summed E-state index contributed by atoms with van der Waals surface area (Å²) in [6, 6.07) is 7.54. The lowest BCUT2D eigenvalue weighted by molar-refractivity contribution is 0.0696. The lowest BCUT2D eigenvalue weighted by atomic mass is 10.3. The van der Waals surface area contributed by atoms with Crippen molar-refractivity contribution in [3.63, 3.8) is 0 Å². The molecule has 0 unspecified atom stereocenters. The van der Waals surface area contributed by atoms with Crippen LogP contribution in [0.3, 0.4) is 0 Å². The van der Waals surface area contributed by atoms with Crippen LogP contribution in [0.1, 0.15) is 16.1 Å². The van der Waals surface area contributed by atoms with E-state index in [1.807, 2.05) is 24.3 Å². The Morgan fingerprint density at radius 3 is 2.95 bits per heavy atom. The number of carbonyl (C=O) groups is 1. The highest BCUT2D eigenvalue weighted by Crippen LogP contribution is 2.17. The smallest absolute Gasteiger partial charge is 0.339 e. The molecule has 1 aromatic carbocycles. The number of hydrogen-bond donors (Lipinski definition) is 1. The number of aromatic carboxylic acids is 1. The molecule has 100 valence electrons. The van der Waals surface area contributed by atoms with Crippen molar-refractivity contribution in [1.82, 2.24) is 9.78 Å². The second-order valence-electron chi connectivity index (χ2n) is 4.00. The number of halogens is 1. The summed E-state index contributed by atoms with van der Waals surface area (Å²) in [4.78, 5) is 10.9. The van der Waals surface area contributed by atoms with E-state index in [0.717, 1.165) is 10.2 Å². The average Bonchev–Trinajstić information content (AvgIpc) is 2.71. The van der Waals surface area contributed by atoms with Gasteiger partial charge in [0.25, 0.3) is 0 Å². The van der Waals surface area contributed by atoms with Crippen molar-refractivity contribution >= 4 is 21.9 Å². The van der Waals surface area contributed by atoms with E-state index in [-0.39, 0.29) is 5.56 Å². The molecule has 1 aromatic heterocycles. The molecule has 0 bridgehead atoms. The first kappa shape index (κ1) is 13.6. The van der Waals surface area contributed by atoms with Gasteiger partial charge >= 0.3 is 5.97 Å². The van der Waals surface area contributed by atoms with Crippen molar-refractivity contribution < 1.29 is 14.6 Å². The Bertz CT molecular complexity index is 595. The Morgan fingerprint density at radius 1 is 1.53 bits per heavy atom. The topological polar surface area (TPSA) is 64.4 Å². The molecule has 0 radical (unpaired) electrons. The molecule has 0 aliphatic carbocycles. The van der Waals surface area contributed by atoms with Crippen LogP contribution >= 0.6 is 15.9 Å². The van der Waals surface area contributed by atoms with Crippen LogP contribution < -0.4 is 4.74 Å². The molecule has 19 heavy (non-hydrogen) atoms. The van der Waals surface area contributed by atoms with Gasteiger partial charge < -0.3 is 9.84 Å². The molecule has 2 aromatic rings. The van der Waals surface area contributed by atoms with Crippen molar-refractivity contribution in [3.05, 3.63) is 46.2 Å². The predicted octanol–water partition coefficient (Wildman–Crippen LogP) is 2.73. The third kappa shape index (κ3) is 3.57. The first-order chi connectivity index (χ1) is 9.06. The Morgan fingerprint density at radius 2 is 2.32 bits per heavy atom. The quantitative estimate of drug-likeness (QED) is 0.918. The summed E-state index contributed by atoms with van der Waals surface area (Å²) in [7, 11) is 0. The van der Waals surface area contributed by atoms with E-state index in [0.29, 0.717) is 18.8 Å². The molecule has 0 fully saturated rings. The average molecular weight is 325 g/mol. The summed E-state index contributed by atoms with van der Waals surface area (Å²) in [5, 5.41) is 13.1. The van der Waals surface area contributed by atoms with Crippen molar-refractivity contribution in [2.45, 2.75) is 13.5 Å². The number of nitrogens with zero attached hydrogens (tertiary/aromatic N) is 2. The summed E-state index contributed by atoms with van der Waals surface area (Å²) < 4.78 is 8.09. The van der Waals surface area contributed by atoms with Crippen LogP contribution in [-0.4, -0.2) is 27.5 Å². The summed E-state index contributed by atoms with van der Waals surface area (Å²) in [5.74, 6) is -0.201. The number of benzene rings is 1. The minimum Gasteiger partial charge on any atom is -0.492 e. The first-order valence-electron chi connectivity index (χ1n) is 5.72. The van der Waals surface area contributed by atoms with E-state index in [2.05, 4.69) is 21.0 Å². The van der Waals surface area contributed by atoms with Gasteiger partial charge in [0.1, 0.15) is 17.9 Å². The summed E-state index contributed by atoms with van der Waals surface area (Å²) >= 11 is 3.36. The fraction of sp³-hybridized carbons (Fsp3) is 0.231. The van der Waals surface area contributed by atoms with Gasteiger partial charge in [-0.1, -0.05) is 22.0 Å². The second kappa shape index (κ2) is 5.88. The fourth-order valence-electron chi connectivity index (χ4n) is 1.66. The highest BCUT2D eigenvalue weighted by atomic mass is 79.9. The molecule has 0 spiro atoms. The largest absolute Gasteiger partial charge is 0.492 e. The molecular formula is C13H13BrN2O3. The molecule has 0 saturated heterocycles. The van der Waals surface area contributed by atoms with E-state index in [4.69, 9.17) is 9.84 Å². The highest BCUT2D eigenvalue weighted by molar-refractivity contribution is 9.10. The zero-order valence-electron chi connectivity index (χ0n) is 10.3. The predicted molar refractivity (Wildman–Crippen MR) is 73.6 cm³/mol. The third-order valence-corrected chi connectivity index (χ3v) is 3.06. The van der Waals surface area contributed by atoms with E-state index < -0.39 is 5.97 Å². The number of aromatic nitrogens is 2. The maximum Gasteiger partial charge on any atom is 0.339 e. The van der Waals surface area contributed by atoms with Crippen LogP contribution in [0.5, 0.6) is 5.75 Å². The maximum atomic E-state index is 10.9. The number of ether oxygens (including phenoxy) is 1. The van der Waals surface area contributed by atoms with Crippen LogP contribution in [-0.2, 0) is 6.54 Å². The Kier molecular flexibility index (Phi) is 4.21. The number of aryl methyl sites for hydroxylation is 1. The van der Waals surface area contributed by atoms with Crippen LogP contribution in [0.15, 0.2) is 34.9 Å². The van der Waals surface area contributed by atoms with Gasteiger partial charge in [-0.05, 0) is 25.1 Å². The molecule has 5 nitrogen and oxygen atoms in total. The van der Waals surface area contributed by atoms with E-state index in [1.54, 1.807) is 11.6 Å². The van der Waals surface area contributed by atoms with Crippen molar-refractivity contribution in [3.8, 4) is 5.75 Å². The Balaban J connectivity index is 1.92. The van der Waals surface area contributed by atoms with Crippen LogP contribution in [0.2, 0.25) is 0 Å². The molecular weight excluding hydrogens is 312 g/mol. The second-order valence-corrected chi connectivity index (χ2v) is 4.92. The lowest BCUT2D eigenvalue weighted by Crippen LogP contribution is -2.08. The van der Waals surface area contributed by atoms with Crippen LogP contribution in [0.25, 0.3) is 0 Å². The van der Waals surface area contributed by atoms with E-state index in [9.17, 15) is 4.79 Å². The lowest BCUT2D eigenvalue weighted by Gasteiger charge is -2.06. The van der Waals surface area contributed by atoms with Gasteiger partial charge in [0.15, 0.2) is 0 Å². The zero-order chi connectivity index (χ0) is 13.8. The van der Waals surface area contributed by atoms with Crippen molar-refractivity contribution in [2.75, 3.05) is 6.61 Å². The highest BCUT2D eigenvalue weighted by Gasteiger charge is 2.11. The maximum absolute atomic E-state index is 10.9. The molecule has 1 N–H and O–H groups in total. The molecule has 0 saturated carbocycles. The molecule has 2 rings (SSSR count). The standard InChI is InChI=1S/C13H13BrN2O3/c1-9-12(13(17)18)8-16(15-9)5-6-19-11-4-2-3-10(14)7-11/h2-4,7-8H,5-6H2,1H3,(H,17,18). The van der Waals surface area contributed by atoms with Gasteiger partial charge in [-0.2, -0.15) is 5.10 Å². The normalized spacial score (nSPS) is 10.4. The molecule has 1 heterocycles. The van der Waals surface area contributed by atoms with E-state index >= 15 is 0 Å². The van der Waals surface area contributed by atoms with Crippen LogP contribution in [0.4, 0.5) is 0 Å². The molecule has 0 aliphatic rings. The zero-order valence-corrected chi connectivity index (χ0v) is 11.9. The van der Waals surface area contributed by atoms with Gasteiger partial charge in [-0.15, -0.1) is 0 Å². The van der Waals surface area contributed by atoms with Gasteiger partial charge in [-0.25, -0.2) is 4.79 Å². The number of carboxylic acids is 1. The van der Waals surface area contributed by atoms with Gasteiger partial charge in [0, 0.05) is 10.7 Å². The summed E-state index contributed by atoms with van der Waals surface area (Å²) in [6.07, 6.45) is 1.52. The summed E-state index contributed by atoms with van der Waals surface area (Å²) in [6.45, 7) is 2.60. The molecule has 0 amide bonds. The van der Waals surface area contributed by atoms with Crippen molar-refractivity contribution in [1.29, 1.82) is 0 Å². The fourth-order valence-corrected chi connectivity index (χ4v) is 2.03. The molecule has 6 heteroatoms. The van der Waals surface area contributed by atoms with E-state index in [1.165, 1.54) is 6.20 Å². The minimum absolute atomic E-state index is 0.224. The monoisotopic (exact) mass is 324 g/mol. The molecule has 0 aliphatic heterocycles. The van der Waals surface area contributed by atoms with Gasteiger partial charge in [0.05, 0.1) is 12.2 Å². The number of hydrogen-bond acceptors (Lipinski definition) is 3. The number of rotatable bonds is 5. The minimum atomic E-state index is -0.961. The SMILES string of the molecule is Cc1nn(CCOc2cccc(Br)c2)cc1C(=O)O. The van der Waals surface area contributed by atoms with Gasteiger partial charge in [-0.3, -0.25) is 4.68 Å². The first-order valence-corrected chi connectivity index (χ1v) is 6.51. The third-order valence-electron chi connectivity index (χ3n) is 2.56. The van der Waals surface area contributed by atoms with Crippen LogP contribution in [0, 0.1) is 6.92 Å². The van der Waals surface area contributed by atoms with Crippen molar-refractivity contribution in [2.24, 2.45) is 0 Å². The molecule has 0 atom stereocenters. The number of carboxylic acid groups (broad SMARTS) is 1. The Labute approximate surface area is 118 Å².